The maximum Gasteiger partial charge on any atom is 0.0653 e. The summed E-state index contributed by atoms with van der Waals surface area (Å²) in [6, 6.07) is 0. The second kappa shape index (κ2) is 3.17. The van der Waals surface area contributed by atoms with Crippen molar-refractivity contribution in [2.24, 2.45) is 17.3 Å². The molecule has 0 radical (unpaired) electrons. The van der Waals surface area contributed by atoms with Crippen molar-refractivity contribution in [2.75, 3.05) is 5.88 Å². The van der Waals surface area contributed by atoms with Crippen molar-refractivity contribution < 1.29 is 0 Å². The van der Waals surface area contributed by atoms with Gasteiger partial charge in [0, 0.05) is 10.8 Å². The van der Waals surface area contributed by atoms with E-state index in [1.54, 1.807) is 0 Å². The Hall–Kier alpha value is -0.150. The largest absolute Gasteiger partial charge is 0.146 e. The van der Waals surface area contributed by atoms with E-state index in [9.17, 15) is 0 Å². The normalized spacial score (nSPS) is 39.8. The van der Waals surface area contributed by atoms with E-state index < -0.39 is 0 Å². The molecule has 0 N–H and O–H groups in total. The molecule has 2 unspecified atom stereocenters. The summed E-state index contributed by atoms with van der Waals surface area (Å²) in [5, 5.41) is 3.89. The van der Waals surface area contributed by atoms with Crippen LogP contribution in [0.15, 0.2) is 6.20 Å². The van der Waals surface area contributed by atoms with Crippen molar-refractivity contribution in [3.05, 3.63) is 11.1 Å². The minimum absolute atomic E-state index is 0.378. The van der Waals surface area contributed by atoms with Crippen molar-refractivity contribution in [2.45, 2.75) is 25.7 Å². The monoisotopic (exact) mass is 228 g/mol. The van der Waals surface area contributed by atoms with Gasteiger partial charge in [0.25, 0.3) is 0 Å². The van der Waals surface area contributed by atoms with Gasteiger partial charge in [0.05, 0.1) is 6.20 Å². The molecule has 0 saturated heterocycles. The average molecular weight is 229 g/mol. The van der Waals surface area contributed by atoms with Crippen LogP contribution in [0.4, 0.5) is 0 Å². The van der Waals surface area contributed by atoms with Gasteiger partial charge in [-0.2, -0.15) is 0 Å². The Morgan fingerprint density at radius 1 is 1.50 bits per heavy atom. The van der Waals surface area contributed by atoms with Gasteiger partial charge in [-0.25, -0.2) is 0 Å². The molecule has 1 aromatic heterocycles. The quantitative estimate of drug-likeness (QED) is 0.744. The van der Waals surface area contributed by atoms with Crippen molar-refractivity contribution in [3.8, 4) is 0 Å². The van der Waals surface area contributed by atoms with E-state index in [1.807, 2.05) is 6.20 Å². The predicted octanol–water partition coefficient (Wildman–Crippen LogP) is 2.74. The van der Waals surface area contributed by atoms with Gasteiger partial charge in [-0.1, -0.05) is 4.49 Å². The number of aromatic nitrogens is 2. The Balaban J connectivity index is 1.75. The maximum absolute atomic E-state index is 6.13. The number of rotatable bonds is 3. The lowest BCUT2D eigenvalue weighted by atomic mass is 9.81. The molecule has 1 aromatic rings. The number of hydrogen-bond donors (Lipinski definition) is 0. The van der Waals surface area contributed by atoms with Crippen LogP contribution >= 0.6 is 23.1 Å². The Kier molecular flexibility index (Phi) is 2.06. The predicted molar refractivity (Wildman–Crippen MR) is 57.6 cm³/mol. The smallest absolute Gasteiger partial charge is 0.0653 e. The van der Waals surface area contributed by atoms with Crippen LogP contribution in [0.25, 0.3) is 0 Å². The Bertz CT molecular complexity index is 315. The number of fused-ring (bicyclic) bond motifs is 1. The first kappa shape index (κ1) is 9.10. The lowest BCUT2D eigenvalue weighted by molar-refractivity contribution is 0.305. The van der Waals surface area contributed by atoms with Crippen molar-refractivity contribution in [3.63, 3.8) is 0 Å². The third kappa shape index (κ3) is 1.47. The molecule has 2 aliphatic rings. The second-order valence-electron chi connectivity index (χ2n) is 4.86. The standard InChI is InChI=1S/C10H13ClN2S/c11-6-10(2-7-1-8(7)3-10)4-9-5-12-13-14-9/h5,7-8H,1-4,6H2. The third-order valence-electron chi connectivity index (χ3n) is 3.70. The molecule has 0 spiro atoms. The Morgan fingerprint density at radius 3 is 2.86 bits per heavy atom. The molecule has 1 heterocycles. The first-order valence-corrected chi connectivity index (χ1v) is 6.44. The molecule has 3 rings (SSSR count). The molecule has 14 heavy (non-hydrogen) atoms. The van der Waals surface area contributed by atoms with E-state index in [0.717, 1.165) is 24.1 Å². The van der Waals surface area contributed by atoms with Crippen LogP contribution < -0.4 is 0 Å². The van der Waals surface area contributed by atoms with Gasteiger partial charge in [0.1, 0.15) is 0 Å². The van der Waals surface area contributed by atoms with E-state index >= 15 is 0 Å². The van der Waals surface area contributed by atoms with Crippen LogP contribution in [0.1, 0.15) is 24.1 Å². The fourth-order valence-electron chi connectivity index (χ4n) is 2.94. The van der Waals surface area contributed by atoms with E-state index in [-0.39, 0.29) is 0 Å². The second-order valence-corrected chi connectivity index (χ2v) is 6.00. The number of nitrogens with zero attached hydrogens (tertiary/aromatic N) is 2. The Labute approximate surface area is 92.8 Å². The first-order chi connectivity index (χ1) is 6.81. The summed E-state index contributed by atoms with van der Waals surface area (Å²) < 4.78 is 3.91. The SMILES string of the molecule is ClCC1(Cc2cnns2)CC2CC2C1. The van der Waals surface area contributed by atoms with E-state index in [2.05, 4.69) is 9.59 Å². The van der Waals surface area contributed by atoms with Gasteiger partial charge < -0.3 is 0 Å². The average Bonchev–Trinajstić information content (AvgIpc) is 2.68. The van der Waals surface area contributed by atoms with Gasteiger partial charge in [0.2, 0.25) is 0 Å². The Morgan fingerprint density at radius 2 is 2.29 bits per heavy atom. The van der Waals surface area contributed by atoms with E-state index in [0.29, 0.717) is 5.41 Å². The van der Waals surface area contributed by atoms with Crippen molar-refractivity contribution in [1.29, 1.82) is 0 Å². The van der Waals surface area contributed by atoms with Crippen LogP contribution in [0.2, 0.25) is 0 Å². The number of alkyl halides is 1. The molecular weight excluding hydrogens is 216 g/mol. The first-order valence-electron chi connectivity index (χ1n) is 5.13. The molecule has 2 aliphatic carbocycles. The van der Waals surface area contributed by atoms with Crippen molar-refractivity contribution in [1.82, 2.24) is 9.59 Å². The van der Waals surface area contributed by atoms with E-state index in [4.69, 9.17) is 11.6 Å². The topological polar surface area (TPSA) is 25.8 Å². The molecule has 0 bridgehead atoms. The zero-order valence-electron chi connectivity index (χ0n) is 7.95. The van der Waals surface area contributed by atoms with Gasteiger partial charge in [-0.3, -0.25) is 0 Å². The lowest BCUT2D eigenvalue weighted by Gasteiger charge is -2.27. The van der Waals surface area contributed by atoms with Gasteiger partial charge in [-0.15, -0.1) is 16.7 Å². The highest BCUT2D eigenvalue weighted by molar-refractivity contribution is 7.05. The molecule has 4 heteroatoms. The van der Waals surface area contributed by atoms with Crippen LogP contribution in [-0.2, 0) is 6.42 Å². The number of halogens is 1. The van der Waals surface area contributed by atoms with Crippen LogP contribution in [0.3, 0.4) is 0 Å². The van der Waals surface area contributed by atoms with Crippen molar-refractivity contribution >= 4 is 23.1 Å². The zero-order chi connectivity index (χ0) is 9.60. The fourth-order valence-corrected chi connectivity index (χ4v) is 3.92. The molecule has 76 valence electrons. The minimum Gasteiger partial charge on any atom is -0.146 e. The molecule has 2 atom stereocenters. The fraction of sp³-hybridized carbons (Fsp3) is 0.800. The molecular formula is C10H13ClN2S. The van der Waals surface area contributed by atoms with Crippen LogP contribution in [-0.4, -0.2) is 15.5 Å². The summed E-state index contributed by atoms with van der Waals surface area (Å²) in [5.41, 5.74) is 0.378. The minimum atomic E-state index is 0.378. The van der Waals surface area contributed by atoms with Gasteiger partial charge in [-0.05, 0) is 54.5 Å². The highest BCUT2D eigenvalue weighted by Gasteiger charge is 2.53. The number of hydrogen-bond acceptors (Lipinski definition) is 3. The molecule has 2 fully saturated rings. The van der Waals surface area contributed by atoms with Crippen LogP contribution in [0, 0.1) is 17.3 Å². The molecule has 0 aliphatic heterocycles. The maximum atomic E-state index is 6.13. The highest BCUT2D eigenvalue weighted by atomic mass is 35.5. The molecule has 2 nitrogen and oxygen atoms in total. The highest BCUT2D eigenvalue weighted by Crippen LogP contribution is 2.61. The summed E-state index contributed by atoms with van der Waals surface area (Å²) in [4.78, 5) is 1.30. The summed E-state index contributed by atoms with van der Waals surface area (Å²) in [7, 11) is 0. The summed E-state index contributed by atoms with van der Waals surface area (Å²) >= 11 is 7.65. The van der Waals surface area contributed by atoms with Gasteiger partial charge >= 0.3 is 0 Å². The third-order valence-corrected chi connectivity index (χ3v) is 4.93. The molecule has 2 saturated carbocycles. The summed E-state index contributed by atoms with van der Waals surface area (Å²) in [6.45, 7) is 0. The van der Waals surface area contributed by atoms with E-state index in [1.165, 1.54) is 35.7 Å². The van der Waals surface area contributed by atoms with Crippen LogP contribution in [0.5, 0.6) is 0 Å². The van der Waals surface area contributed by atoms with Gasteiger partial charge in [0.15, 0.2) is 0 Å². The molecule has 0 aromatic carbocycles. The summed E-state index contributed by atoms with van der Waals surface area (Å²) in [5.74, 6) is 2.79. The molecule has 0 amide bonds. The summed E-state index contributed by atoms with van der Waals surface area (Å²) in [6.07, 6.45) is 7.11. The zero-order valence-corrected chi connectivity index (χ0v) is 9.52. The lowest BCUT2D eigenvalue weighted by Crippen LogP contribution is -2.23.